The third-order valence-electron chi connectivity index (χ3n) is 3.62. The number of nitro groups is 2. The number of anilines is 2. The van der Waals surface area contributed by atoms with Crippen LogP contribution < -0.4 is 10.6 Å². The first-order valence-corrected chi connectivity index (χ1v) is 7.52. The van der Waals surface area contributed by atoms with Gasteiger partial charge in [0, 0.05) is 25.1 Å². The van der Waals surface area contributed by atoms with Crippen molar-refractivity contribution in [2.75, 3.05) is 10.6 Å². The summed E-state index contributed by atoms with van der Waals surface area (Å²) in [6.07, 6.45) is 0. The average Bonchev–Trinajstić information content (AvgIpc) is 2.58. The summed E-state index contributed by atoms with van der Waals surface area (Å²) in [5, 5.41) is 26.3. The Morgan fingerprint density at radius 1 is 0.893 bits per heavy atom. The van der Waals surface area contributed by atoms with E-state index in [0.717, 1.165) is 32.0 Å². The van der Waals surface area contributed by atoms with Crippen molar-refractivity contribution in [3.63, 3.8) is 0 Å². The van der Waals surface area contributed by atoms with Crippen LogP contribution in [0.1, 0.15) is 22.8 Å². The molecule has 0 saturated carbocycles. The minimum atomic E-state index is -1.18. The number of carbonyl (C=O) groups is 2. The lowest BCUT2D eigenvalue weighted by Gasteiger charge is -2.11. The van der Waals surface area contributed by atoms with Crippen LogP contribution in [-0.4, -0.2) is 21.7 Å². The van der Waals surface area contributed by atoms with E-state index in [4.69, 9.17) is 0 Å². The van der Waals surface area contributed by atoms with E-state index in [1.165, 1.54) is 0 Å². The van der Waals surface area contributed by atoms with Gasteiger partial charge in [-0.3, -0.25) is 29.8 Å². The maximum atomic E-state index is 13.9. The fourth-order valence-electron chi connectivity index (χ4n) is 2.32. The van der Waals surface area contributed by atoms with Gasteiger partial charge in [0.15, 0.2) is 0 Å². The Morgan fingerprint density at radius 2 is 1.36 bits per heavy atom. The molecular formula is C16H12F2N4O6. The molecular weight excluding hydrogens is 382 g/mol. The molecule has 0 radical (unpaired) electrons. The van der Waals surface area contributed by atoms with E-state index < -0.39 is 61.6 Å². The van der Waals surface area contributed by atoms with Crippen molar-refractivity contribution in [2.45, 2.75) is 13.8 Å². The van der Waals surface area contributed by atoms with E-state index in [2.05, 4.69) is 5.32 Å². The minimum Gasteiger partial charge on any atom is -0.324 e. The van der Waals surface area contributed by atoms with Crippen LogP contribution in [-0.2, 0) is 4.79 Å². The number of nitro benzene ring substituents is 2. The second-order valence-corrected chi connectivity index (χ2v) is 5.60. The monoisotopic (exact) mass is 394 g/mol. The lowest BCUT2D eigenvalue weighted by atomic mass is 10.1. The number of rotatable bonds is 5. The highest BCUT2D eigenvalue weighted by Crippen LogP contribution is 2.30. The number of amides is 2. The number of nitrogens with zero attached hydrogens (tertiary/aromatic N) is 2. The Labute approximate surface area is 155 Å². The first-order chi connectivity index (χ1) is 13.0. The number of hydrogen-bond donors (Lipinski definition) is 2. The predicted octanol–water partition coefficient (Wildman–Crippen LogP) is 3.30. The van der Waals surface area contributed by atoms with Crippen molar-refractivity contribution in [3.8, 4) is 0 Å². The summed E-state index contributed by atoms with van der Waals surface area (Å²) in [6.45, 7) is 2.24. The highest BCUT2D eigenvalue weighted by atomic mass is 19.1. The Kier molecular flexibility index (Phi) is 5.62. The molecule has 0 heterocycles. The summed E-state index contributed by atoms with van der Waals surface area (Å²) < 4.78 is 27.6. The number of benzene rings is 2. The average molecular weight is 394 g/mol. The van der Waals surface area contributed by atoms with Crippen LogP contribution in [0.5, 0.6) is 0 Å². The Hall–Kier alpha value is -3.96. The van der Waals surface area contributed by atoms with Crippen LogP contribution in [0.4, 0.5) is 31.5 Å². The maximum Gasteiger partial charge on any atom is 0.279 e. The molecule has 0 aromatic heterocycles. The van der Waals surface area contributed by atoms with Crippen LogP contribution in [0, 0.1) is 38.8 Å². The van der Waals surface area contributed by atoms with Crippen LogP contribution in [0.3, 0.4) is 0 Å². The Morgan fingerprint density at radius 3 is 1.79 bits per heavy atom. The molecule has 0 aliphatic carbocycles. The largest absolute Gasteiger partial charge is 0.324 e. The Balaban J connectivity index is 2.47. The molecule has 2 aromatic carbocycles. The predicted molar refractivity (Wildman–Crippen MR) is 93.1 cm³/mol. The maximum absolute atomic E-state index is 13.9. The molecule has 0 aliphatic heterocycles. The summed E-state index contributed by atoms with van der Waals surface area (Å²) in [4.78, 5) is 43.8. The van der Waals surface area contributed by atoms with Crippen molar-refractivity contribution >= 4 is 34.6 Å². The van der Waals surface area contributed by atoms with Gasteiger partial charge in [0.05, 0.1) is 26.8 Å². The summed E-state index contributed by atoms with van der Waals surface area (Å²) >= 11 is 0. The van der Waals surface area contributed by atoms with Crippen LogP contribution >= 0.6 is 0 Å². The normalized spacial score (nSPS) is 10.3. The highest BCUT2D eigenvalue weighted by molar-refractivity contribution is 6.05. The third-order valence-corrected chi connectivity index (χ3v) is 3.62. The topological polar surface area (TPSA) is 144 Å². The molecule has 0 aliphatic rings. The van der Waals surface area contributed by atoms with Gasteiger partial charge in [-0.05, 0) is 13.0 Å². The van der Waals surface area contributed by atoms with Gasteiger partial charge >= 0.3 is 0 Å². The molecule has 146 valence electrons. The minimum absolute atomic E-state index is 0.257. The first-order valence-electron chi connectivity index (χ1n) is 7.52. The van der Waals surface area contributed by atoms with E-state index in [9.17, 15) is 38.6 Å². The van der Waals surface area contributed by atoms with E-state index in [-0.39, 0.29) is 5.56 Å². The molecule has 10 nitrogen and oxygen atoms in total. The standard InChI is InChI=1S/C16H12F2N4O6/c1-7-14(21(25)26)3-9(4-15(7)22(27)28)16(24)20-13-6-12(19-8(2)23)10(17)5-11(13)18/h3-6H,1-2H3,(H,19,23)(H,20,24). The fourth-order valence-corrected chi connectivity index (χ4v) is 2.32. The van der Waals surface area contributed by atoms with Gasteiger partial charge in [-0.25, -0.2) is 8.78 Å². The zero-order valence-electron chi connectivity index (χ0n) is 14.4. The fraction of sp³-hybridized carbons (Fsp3) is 0.125. The summed E-state index contributed by atoms with van der Waals surface area (Å²) in [6, 6.07) is 2.82. The van der Waals surface area contributed by atoms with Crippen LogP contribution in [0.2, 0.25) is 0 Å². The molecule has 0 atom stereocenters. The first kappa shape index (κ1) is 20.4. The molecule has 2 amide bonds. The molecule has 0 unspecified atom stereocenters. The molecule has 0 saturated heterocycles. The molecule has 0 spiro atoms. The van der Waals surface area contributed by atoms with Gasteiger partial charge in [-0.15, -0.1) is 0 Å². The van der Waals surface area contributed by atoms with Crippen molar-refractivity contribution in [3.05, 3.63) is 67.3 Å². The summed E-state index contributed by atoms with van der Waals surface area (Å²) in [7, 11) is 0. The molecule has 2 N–H and O–H groups in total. The van der Waals surface area contributed by atoms with Gasteiger partial charge in [0.2, 0.25) is 5.91 Å². The third kappa shape index (κ3) is 4.23. The quantitative estimate of drug-likeness (QED) is 0.588. The number of halogens is 2. The van der Waals surface area contributed by atoms with E-state index >= 15 is 0 Å². The zero-order chi connectivity index (χ0) is 21.2. The van der Waals surface area contributed by atoms with Gasteiger partial charge < -0.3 is 10.6 Å². The SMILES string of the molecule is CC(=O)Nc1cc(NC(=O)c2cc([N+](=O)[O-])c(C)c([N+](=O)[O-])c2)c(F)cc1F. The van der Waals surface area contributed by atoms with Crippen LogP contribution in [0.25, 0.3) is 0 Å². The summed E-state index contributed by atoms with van der Waals surface area (Å²) in [5.41, 5.74) is -3.02. The Bertz CT molecular complexity index is 989. The van der Waals surface area contributed by atoms with Gasteiger partial charge in [0.25, 0.3) is 17.3 Å². The van der Waals surface area contributed by atoms with Crippen molar-refractivity contribution < 1.29 is 28.2 Å². The van der Waals surface area contributed by atoms with E-state index in [1.54, 1.807) is 0 Å². The molecule has 0 fully saturated rings. The molecule has 12 heteroatoms. The van der Waals surface area contributed by atoms with Crippen molar-refractivity contribution in [1.29, 1.82) is 0 Å². The number of carbonyl (C=O) groups excluding carboxylic acids is 2. The van der Waals surface area contributed by atoms with Crippen molar-refractivity contribution in [2.24, 2.45) is 0 Å². The lowest BCUT2D eigenvalue weighted by molar-refractivity contribution is -0.395. The van der Waals surface area contributed by atoms with Crippen LogP contribution in [0.15, 0.2) is 24.3 Å². The zero-order valence-corrected chi connectivity index (χ0v) is 14.4. The van der Waals surface area contributed by atoms with Gasteiger partial charge in [0.1, 0.15) is 17.2 Å². The second-order valence-electron chi connectivity index (χ2n) is 5.60. The lowest BCUT2D eigenvalue weighted by Crippen LogP contribution is -2.15. The highest BCUT2D eigenvalue weighted by Gasteiger charge is 2.26. The summed E-state index contributed by atoms with van der Waals surface area (Å²) in [5.74, 6) is -4.03. The van der Waals surface area contributed by atoms with E-state index in [1.807, 2.05) is 5.32 Å². The van der Waals surface area contributed by atoms with Crippen molar-refractivity contribution in [1.82, 2.24) is 0 Å². The molecule has 2 rings (SSSR count). The molecule has 2 aromatic rings. The smallest absolute Gasteiger partial charge is 0.279 e. The molecule has 28 heavy (non-hydrogen) atoms. The number of nitrogens with one attached hydrogen (secondary N) is 2. The second kappa shape index (κ2) is 7.73. The number of hydrogen-bond acceptors (Lipinski definition) is 6. The molecule has 0 bridgehead atoms. The van der Waals surface area contributed by atoms with Gasteiger partial charge in [-0.2, -0.15) is 0 Å². The van der Waals surface area contributed by atoms with Gasteiger partial charge in [-0.1, -0.05) is 0 Å². The van der Waals surface area contributed by atoms with E-state index in [0.29, 0.717) is 6.07 Å².